The molecule has 3 rings (SSSR count). The average molecular weight is 316 g/mol. The Morgan fingerprint density at radius 2 is 2.00 bits per heavy atom. The minimum Gasteiger partial charge on any atom is -0.261 e. The van der Waals surface area contributed by atoms with E-state index in [1.54, 1.807) is 11.6 Å². The second kappa shape index (κ2) is 6.32. The fourth-order valence-corrected chi connectivity index (χ4v) is 3.05. The van der Waals surface area contributed by atoms with Gasteiger partial charge in [-0.2, -0.15) is 0 Å². The number of aromatic nitrogens is 2. The maximum atomic E-state index is 13.8. The number of halogens is 2. The zero-order valence-electron chi connectivity index (χ0n) is 12.0. The lowest BCUT2D eigenvalue weighted by atomic mass is 10.1. The summed E-state index contributed by atoms with van der Waals surface area (Å²) in [5, 5.41) is 2.59. The summed E-state index contributed by atoms with van der Waals surface area (Å²) < 4.78 is 26.8. The molecule has 0 atom stereocenters. The minimum atomic E-state index is -0.599. The molecular weight excluding hydrogens is 302 g/mol. The number of benzene rings is 1. The van der Waals surface area contributed by atoms with Crippen LogP contribution in [-0.2, 0) is 6.42 Å². The molecule has 0 aliphatic carbocycles. The van der Waals surface area contributed by atoms with Crippen LogP contribution in [0.25, 0.3) is 21.8 Å². The molecule has 0 aliphatic heterocycles. The third-order valence-corrected chi connectivity index (χ3v) is 4.17. The zero-order chi connectivity index (χ0) is 15.5. The third-order valence-electron chi connectivity index (χ3n) is 3.28. The summed E-state index contributed by atoms with van der Waals surface area (Å²) in [5.74, 6) is -1.19. The van der Waals surface area contributed by atoms with Crippen molar-refractivity contribution in [2.24, 2.45) is 0 Å². The van der Waals surface area contributed by atoms with Crippen molar-refractivity contribution in [1.82, 2.24) is 9.97 Å². The van der Waals surface area contributed by atoms with Gasteiger partial charge in [0.05, 0.1) is 5.69 Å². The van der Waals surface area contributed by atoms with Crippen LogP contribution < -0.4 is 0 Å². The van der Waals surface area contributed by atoms with Crippen LogP contribution in [0.3, 0.4) is 0 Å². The van der Waals surface area contributed by atoms with Gasteiger partial charge < -0.3 is 0 Å². The lowest BCUT2D eigenvalue weighted by Crippen LogP contribution is -1.90. The molecule has 0 spiro atoms. The number of thiazole rings is 1. The Balaban J connectivity index is 1.95. The molecule has 3 aromatic rings. The van der Waals surface area contributed by atoms with Crippen molar-refractivity contribution in [2.45, 2.75) is 19.8 Å². The lowest BCUT2D eigenvalue weighted by Gasteiger charge is -2.01. The Morgan fingerprint density at radius 3 is 2.77 bits per heavy atom. The number of pyridine rings is 1. The number of hydrogen-bond donors (Lipinski definition) is 0. The van der Waals surface area contributed by atoms with E-state index in [0.717, 1.165) is 35.2 Å². The van der Waals surface area contributed by atoms with Gasteiger partial charge in [0.25, 0.3) is 0 Å². The molecule has 112 valence electrons. The highest BCUT2D eigenvalue weighted by atomic mass is 32.1. The van der Waals surface area contributed by atoms with E-state index in [1.165, 1.54) is 23.5 Å². The van der Waals surface area contributed by atoms with E-state index in [0.29, 0.717) is 11.3 Å². The highest BCUT2D eigenvalue weighted by Crippen LogP contribution is 2.30. The Labute approximate surface area is 131 Å². The molecule has 1 aromatic carbocycles. The van der Waals surface area contributed by atoms with Crippen LogP contribution in [-0.4, -0.2) is 9.97 Å². The first-order chi connectivity index (χ1) is 10.7. The quantitative estimate of drug-likeness (QED) is 0.669. The maximum absolute atomic E-state index is 13.8. The normalized spacial score (nSPS) is 10.9. The van der Waals surface area contributed by atoms with E-state index < -0.39 is 11.6 Å². The smallest absolute Gasteiger partial charge is 0.135 e. The summed E-state index contributed by atoms with van der Waals surface area (Å²) in [6.45, 7) is 2.10. The van der Waals surface area contributed by atoms with Gasteiger partial charge in [-0.15, -0.1) is 11.3 Å². The van der Waals surface area contributed by atoms with Gasteiger partial charge in [0.15, 0.2) is 0 Å². The Kier molecular flexibility index (Phi) is 4.24. The summed E-state index contributed by atoms with van der Waals surface area (Å²) >= 11 is 1.44. The Bertz CT molecular complexity index is 799. The molecule has 2 aromatic heterocycles. The average Bonchev–Trinajstić information content (AvgIpc) is 2.97. The number of hydrogen-bond acceptors (Lipinski definition) is 3. The molecule has 0 radical (unpaired) electrons. The van der Waals surface area contributed by atoms with Crippen molar-refractivity contribution < 1.29 is 8.78 Å². The Hall–Kier alpha value is -2.14. The van der Waals surface area contributed by atoms with E-state index in [1.807, 2.05) is 12.1 Å². The van der Waals surface area contributed by atoms with Crippen molar-refractivity contribution >= 4 is 11.3 Å². The second-order valence-electron chi connectivity index (χ2n) is 4.95. The fourth-order valence-electron chi connectivity index (χ4n) is 2.23. The largest absolute Gasteiger partial charge is 0.261 e. The topological polar surface area (TPSA) is 25.8 Å². The highest BCUT2D eigenvalue weighted by molar-refractivity contribution is 7.13. The molecule has 0 bridgehead atoms. The first kappa shape index (κ1) is 14.8. The van der Waals surface area contributed by atoms with Gasteiger partial charge in [-0.05, 0) is 30.7 Å². The molecule has 0 aliphatic rings. The molecular formula is C17H14F2N2S. The van der Waals surface area contributed by atoms with Crippen molar-refractivity contribution in [3.05, 3.63) is 59.2 Å². The number of nitrogens with zero attached hydrogens (tertiary/aromatic N) is 2. The van der Waals surface area contributed by atoms with Crippen LogP contribution in [0.15, 0.2) is 41.9 Å². The predicted molar refractivity (Wildman–Crippen MR) is 84.7 cm³/mol. The monoisotopic (exact) mass is 316 g/mol. The summed E-state index contributed by atoms with van der Waals surface area (Å²) in [7, 11) is 0. The van der Waals surface area contributed by atoms with Crippen LogP contribution >= 0.6 is 11.3 Å². The molecule has 0 saturated heterocycles. The first-order valence-corrected chi connectivity index (χ1v) is 7.91. The van der Waals surface area contributed by atoms with E-state index in [2.05, 4.69) is 16.9 Å². The van der Waals surface area contributed by atoms with Gasteiger partial charge in [-0.25, -0.2) is 13.8 Å². The lowest BCUT2D eigenvalue weighted by molar-refractivity contribution is 0.585. The standard InChI is InChI=1S/C17H14F2N2S/c1-2-3-13-8-11(6-7-20-13)17-21-16(10-22-17)14-5-4-12(18)9-15(14)19/h4-10H,2-3H2,1H3. The van der Waals surface area contributed by atoms with Gasteiger partial charge >= 0.3 is 0 Å². The van der Waals surface area contributed by atoms with Gasteiger partial charge in [-0.1, -0.05) is 13.3 Å². The zero-order valence-corrected chi connectivity index (χ0v) is 12.8. The van der Waals surface area contributed by atoms with E-state index in [4.69, 9.17) is 0 Å². The van der Waals surface area contributed by atoms with Gasteiger partial charge in [0, 0.05) is 34.5 Å². The highest BCUT2D eigenvalue weighted by Gasteiger charge is 2.11. The summed E-state index contributed by atoms with van der Waals surface area (Å²) in [6.07, 6.45) is 3.71. The van der Waals surface area contributed by atoms with Crippen molar-refractivity contribution in [2.75, 3.05) is 0 Å². The van der Waals surface area contributed by atoms with E-state index in [-0.39, 0.29) is 0 Å². The van der Waals surface area contributed by atoms with Crippen LogP contribution in [0.4, 0.5) is 8.78 Å². The summed E-state index contributed by atoms with van der Waals surface area (Å²) in [4.78, 5) is 8.79. The number of rotatable bonds is 4. The molecule has 0 amide bonds. The van der Waals surface area contributed by atoms with Gasteiger partial charge in [0.2, 0.25) is 0 Å². The maximum Gasteiger partial charge on any atom is 0.135 e. The van der Waals surface area contributed by atoms with Crippen LogP contribution in [0.1, 0.15) is 19.0 Å². The molecule has 5 heteroatoms. The van der Waals surface area contributed by atoms with Crippen molar-refractivity contribution in [3.63, 3.8) is 0 Å². The van der Waals surface area contributed by atoms with E-state index >= 15 is 0 Å². The molecule has 0 unspecified atom stereocenters. The van der Waals surface area contributed by atoms with Crippen LogP contribution in [0, 0.1) is 11.6 Å². The predicted octanol–water partition coefficient (Wildman–Crippen LogP) is 5.10. The van der Waals surface area contributed by atoms with E-state index in [9.17, 15) is 8.78 Å². The summed E-state index contributed by atoms with van der Waals surface area (Å²) in [5.41, 5.74) is 2.82. The number of aryl methyl sites for hydroxylation is 1. The fraction of sp³-hybridized carbons (Fsp3) is 0.176. The van der Waals surface area contributed by atoms with Crippen molar-refractivity contribution in [3.8, 4) is 21.8 Å². The molecule has 2 heterocycles. The summed E-state index contributed by atoms with van der Waals surface area (Å²) in [6, 6.07) is 7.43. The molecule has 2 nitrogen and oxygen atoms in total. The van der Waals surface area contributed by atoms with Crippen molar-refractivity contribution in [1.29, 1.82) is 0 Å². The third kappa shape index (κ3) is 3.04. The van der Waals surface area contributed by atoms with Gasteiger partial charge in [0.1, 0.15) is 16.6 Å². The molecule has 0 fully saturated rings. The van der Waals surface area contributed by atoms with Crippen LogP contribution in [0.5, 0.6) is 0 Å². The minimum absolute atomic E-state index is 0.312. The SMILES string of the molecule is CCCc1cc(-c2nc(-c3ccc(F)cc3F)cs2)ccn1. The molecule has 0 saturated carbocycles. The molecule has 22 heavy (non-hydrogen) atoms. The Morgan fingerprint density at radius 1 is 1.14 bits per heavy atom. The molecule has 0 N–H and O–H groups in total. The second-order valence-corrected chi connectivity index (χ2v) is 5.81. The van der Waals surface area contributed by atoms with Crippen LogP contribution in [0.2, 0.25) is 0 Å². The van der Waals surface area contributed by atoms with Gasteiger partial charge in [-0.3, -0.25) is 4.98 Å². The first-order valence-electron chi connectivity index (χ1n) is 7.03.